The largest absolute Gasteiger partial charge is 0.348 e. The van der Waals surface area contributed by atoms with Crippen molar-refractivity contribution in [2.75, 3.05) is 6.54 Å². The summed E-state index contributed by atoms with van der Waals surface area (Å²) in [5.74, 6) is 0.738. The predicted octanol–water partition coefficient (Wildman–Crippen LogP) is 3.01. The van der Waals surface area contributed by atoms with Gasteiger partial charge in [0, 0.05) is 4.47 Å². The maximum atomic E-state index is 12.2. The summed E-state index contributed by atoms with van der Waals surface area (Å²) < 4.78 is 1.05. The molecule has 0 aromatic heterocycles. The van der Waals surface area contributed by atoms with E-state index in [9.17, 15) is 4.79 Å². The van der Waals surface area contributed by atoms with Crippen LogP contribution in [0.1, 0.15) is 38.3 Å². The molecular weight excluding hydrogens is 304 g/mol. The molecule has 1 amide bonds. The van der Waals surface area contributed by atoms with Crippen LogP contribution in [0.5, 0.6) is 0 Å². The van der Waals surface area contributed by atoms with E-state index in [1.54, 1.807) is 0 Å². The third-order valence-corrected chi connectivity index (χ3v) is 4.24. The standard InChI is InChI=1S/C15H21BrN2O/c1-10-7-8-17-14(9-10)15(19)18-11(2)12-3-5-13(16)6-4-12/h3-6,10-11,14,17H,7-9H2,1-2H3,(H,18,19). The highest BCUT2D eigenvalue weighted by molar-refractivity contribution is 9.10. The zero-order valence-corrected chi connectivity index (χ0v) is 13.0. The van der Waals surface area contributed by atoms with Gasteiger partial charge in [0.25, 0.3) is 0 Å². The molecule has 1 aliphatic heterocycles. The minimum absolute atomic E-state index is 0.0401. The number of hydrogen-bond donors (Lipinski definition) is 2. The van der Waals surface area contributed by atoms with E-state index in [1.165, 1.54) is 0 Å². The lowest BCUT2D eigenvalue weighted by atomic mass is 9.93. The van der Waals surface area contributed by atoms with Crippen molar-refractivity contribution in [1.29, 1.82) is 0 Å². The summed E-state index contributed by atoms with van der Waals surface area (Å²) in [6.07, 6.45) is 2.09. The number of hydrogen-bond acceptors (Lipinski definition) is 2. The van der Waals surface area contributed by atoms with Crippen LogP contribution in [0.25, 0.3) is 0 Å². The van der Waals surface area contributed by atoms with Crippen LogP contribution in [0.3, 0.4) is 0 Å². The third-order valence-electron chi connectivity index (χ3n) is 3.71. The lowest BCUT2D eigenvalue weighted by Gasteiger charge is -2.28. The summed E-state index contributed by atoms with van der Waals surface area (Å²) in [6, 6.07) is 8.07. The van der Waals surface area contributed by atoms with E-state index in [2.05, 4.69) is 33.5 Å². The first-order chi connectivity index (χ1) is 9.06. The molecule has 0 bridgehead atoms. The zero-order chi connectivity index (χ0) is 13.8. The van der Waals surface area contributed by atoms with Crippen molar-refractivity contribution in [3.8, 4) is 0 Å². The second kappa shape index (κ2) is 6.53. The first-order valence-corrected chi connectivity index (χ1v) is 7.65. The molecule has 1 aromatic rings. The van der Waals surface area contributed by atoms with E-state index in [4.69, 9.17) is 0 Å². The molecule has 104 valence electrons. The Morgan fingerprint density at radius 3 is 2.74 bits per heavy atom. The van der Waals surface area contributed by atoms with Crippen LogP contribution in [-0.2, 0) is 4.79 Å². The molecule has 3 nitrogen and oxygen atoms in total. The highest BCUT2D eigenvalue weighted by Gasteiger charge is 2.25. The first-order valence-electron chi connectivity index (χ1n) is 6.85. The van der Waals surface area contributed by atoms with Crippen LogP contribution < -0.4 is 10.6 Å². The molecule has 0 radical (unpaired) electrons. The number of piperidine rings is 1. The van der Waals surface area contributed by atoms with Gasteiger partial charge in [0.05, 0.1) is 12.1 Å². The van der Waals surface area contributed by atoms with Gasteiger partial charge in [-0.25, -0.2) is 0 Å². The first kappa shape index (κ1) is 14.5. The number of nitrogens with one attached hydrogen (secondary N) is 2. The molecule has 1 aromatic carbocycles. The van der Waals surface area contributed by atoms with E-state index in [-0.39, 0.29) is 18.0 Å². The van der Waals surface area contributed by atoms with Gasteiger partial charge < -0.3 is 10.6 Å². The average Bonchev–Trinajstić information content (AvgIpc) is 2.39. The van der Waals surface area contributed by atoms with Crippen molar-refractivity contribution in [1.82, 2.24) is 10.6 Å². The van der Waals surface area contributed by atoms with Crippen molar-refractivity contribution < 1.29 is 4.79 Å². The molecule has 2 N–H and O–H groups in total. The third kappa shape index (κ3) is 4.05. The molecule has 2 rings (SSSR count). The lowest BCUT2D eigenvalue weighted by molar-refractivity contribution is -0.124. The summed E-state index contributed by atoms with van der Waals surface area (Å²) in [6.45, 7) is 5.17. The summed E-state index contributed by atoms with van der Waals surface area (Å²) in [4.78, 5) is 12.2. The minimum atomic E-state index is -0.0401. The van der Waals surface area contributed by atoms with E-state index < -0.39 is 0 Å². The molecule has 0 saturated carbocycles. The number of halogens is 1. The fourth-order valence-corrected chi connectivity index (χ4v) is 2.72. The Morgan fingerprint density at radius 1 is 1.42 bits per heavy atom. The van der Waals surface area contributed by atoms with Crippen molar-refractivity contribution in [2.45, 2.75) is 38.8 Å². The Hall–Kier alpha value is -0.870. The van der Waals surface area contributed by atoms with Crippen LogP contribution in [0.15, 0.2) is 28.7 Å². The van der Waals surface area contributed by atoms with Crippen LogP contribution in [-0.4, -0.2) is 18.5 Å². The summed E-state index contributed by atoms with van der Waals surface area (Å²) >= 11 is 3.42. The monoisotopic (exact) mass is 324 g/mol. The molecule has 1 fully saturated rings. The second-order valence-electron chi connectivity index (χ2n) is 5.42. The number of carbonyl (C=O) groups excluding carboxylic acids is 1. The van der Waals surface area contributed by atoms with Gasteiger partial charge in [-0.2, -0.15) is 0 Å². The van der Waals surface area contributed by atoms with Crippen LogP contribution >= 0.6 is 15.9 Å². The molecule has 0 aliphatic carbocycles. The van der Waals surface area contributed by atoms with Crippen molar-refractivity contribution in [3.05, 3.63) is 34.3 Å². The van der Waals surface area contributed by atoms with Crippen LogP contribution in [0, 0.1) is 5.92 Å². The number of amides is 1. The van der Waals surface area contributed by atoms with E-state index >= 15 is 0 Å². The van der Waals surface area contributed by atoms with Gasteiger partial charge in [0.15, 0.2) is 0 Å². The zero-order valence-electron chi connectivity index (χ0n) is 11.4. The lowest BCUT2D eigenvalue weighted by Crippen LogP contribution is -2.48. The molecule has 19 heavy (non-hydrogen) atoms. The van der Waals surface area contributed by atoms with Crippen LogP contribution in [0.4, 0.5) is 0 Å². The fourth-order valence-electron chi connectivity index (χ4n) is 2.46. The van der Waals surface area contributed by atoms with Gasteiger partial charge in [0.1, 0.15) is 0 Å². The Balaban J connectivity index is 1.92. The molecule has 0 spiro atoms. The number of benzene rings is 1. The van der Waals surface area contributed by atoms with Crippen molar-refractivity contribution >= 4 is 21.8 Å². The smallest absolute Gasteiger partial charge is 0.237 e. The minimum Gasteiger partial charge on any atom is -0.348 e. The predicted molar refractivity (Wildman–Crippen MR) is 80.9 cm³/mol. The summed E-state index contributed by atoms with van der Waals surface area (Å²) in [7, 11) is 0. The van der Waals surface area contributed by atoms with Gasteiger partial charge >= 0.3 is 0 Å². The van der Waals surface area contributed by atoms with Gasteiger partial charge in [-0.05, 0) is 49.9 Å². The Bertz CT molecular complexity index is 432. The fraction of sp³-hybridized carbons (Fsp3) is 0.533. The van der Waals surface area contributed by atoms with E-state index in [1.807, 2.05) is 31.2 Å². The molecule has 1 aliphatic rings. The molecular formula is C15H21BrN2O. The van der Waals surface area contributed by atoms with Gasteiger partial charge in [-0.1, -0.05) is 35.0 Å². The van der Waals surface area contributed by atoms with E-state index in [0.717, 1.165) is 29.4 Å². The van der Waals surface area contributed by atoms with Gasteiger partial charge in [0.2, 0.25) is 5.91 Å². The molecule has 3 atom stereocenters. The Labute approximate surface area is 123 Å². The maximum Gasteiger partial charge on any atom is 0.237 e. The SMILES string of the molecule is CC1CCNC(C(=O)NC(C)c2ccc(Br)cc2)C1. The number of carbonyl (C=O) groups is 1. The quantitative estimate of drug-likeness (QED) is 0.897. The van der Waals surface area contributed by atoms with Gasteiger partial charge in [-0.15, -0.1) is 0 Å². The second-order valence-corrected chi connectivity index (χ2v) is 6.33. The Morgan fingerprint density at radius 2 is 2.11 bits per heavy atom. The molecule has 1 saturated heterocycles. The molecule has 1 heterocycles. The normalized spacial score (nSPS) is 24.8. The number of rotatable bonds is 3. The molecule has 3 unspecified atom stereocenters. The topological polar surface area (TPSA) is 41.1 Å². The maximum absolute atomic E-state index is 12.2. The van der Waals surface area contributed by atoms with E-state index in [0.29, 0.717) is 5.92 Å². The summed E-state index contributed by atoms with van der Waals surface area (Å²) in [5, 5.41) is 6.38. The Kier molecular flexibility index (Phi) is 4.99. The summed E-state index contributed by atoms with van der Waals surface area (Å²) in [5.41, 5.74) is 1.13. The average molecular weight is 325 g/mol. The van der Waals surface area contributed by atoms with Gasteiger partial charge in [-0.3, -0.25) is 4.79 Å². The molecule has 4 heteroatoms. The van der Waals surface area contributed by atoms with Crippen LogP contribution in [0.2, 0.25) is 0 Å². The van der Waals surface area contributed by atoms with Crippen molar-refractivity contribution in [3.63, 3.8) is 0 Å². The highest BCUT2D eigenvalue weighted by Crippen LogP contribution is 2.18. The van der Waals surface area contributed by atoms with Crippen molar-refractivity contribution in [2.24, 2.45) is 5.92 Å². The highest BCUT2D eigenvalue weighted by atomic mass is 79.9.